The first-order chi connectivity index (χ1) is 16.9. The molecule has 8 heteroatoms. The Labute approximate surface area is 211 Å². The van der Waals surface area contributed by atoms with Gasteiger partial charge in [0.05, 0.1) is 31.1 Å². The van der Waals surface area contributed by atoms with Crippen molar-refractivity contribution in [3.63, 3.8) is 0 Å². The molecular formula is C28H30N4O4. The predicted molar refractivity (Wildman–Crippen MR) is 141 cm³/mol. The molecule has 0 fully saturated rings. The number of hydrogen-bond acceptors (Lipinski definition) is 6. The van der Waals surface area contributed by atoms with Crippen molar-refractivity contribution in [1.82, 2.24) is 4.98 Å². The number of methoxy groups -OCH3 is 1. The molecule has 0 unspecified atom stereocenters. The predicted octanol–water partition coefficient (Wildman–Crippen LogP) is 6.00. The van der Waals surface area contributed by atoms with Gasteiger partial charge in [-0.1, -0.05) is 24.8 Å². The van der Waals surface area contributed by atoms with E-state index in [0.29, 0.717) is 28.2 Å². The van der Waals surface area contributed by atoms with Crippen molar-refractivity contribution in [2.45, 2.75) is 40.2 Å². The van der Waals surface area contributed by atoms with Gasteiger partial charge in [-0.05, 0) is 57.3 Å². The molecule has 0 aliphatic carbocycles. The van der Waals surface area contributed by atoms with E-state index in [0.717, 1.165) is 16.6 Å². The van der Waals surface area contributed by atoms with Crippen LogP contribution in [0.4, 0.5) is 16.2 Å². The van der Waals surface area contributed by atoms with Crippen molar-refractivity contribution in [3.8, 4) is 23.1 Å². The van der Waals surface area contributed by atoms with E-state index < -0.39 is 11.7 Å². The van der Waals surface area contributed by atoms with E-state index in [1.165, 1.54) is 18.9 Å². The third-order valence-corrected chi connectivity index (χ3v) is 5.14. The van der Waals surface area contributed by atoms with Gasteiger partial charge in [0.2, 0.25) is 5.91 Å². The molecule has 3 aromatic rings. The van der Waals surface area contributed by atoms with E-state index in [1.807, 2.05) is 37.3 Å². The molecule has 1 N–H and O–H groups in total. The summed E-state index contributed by atoms with van der Waals surface area (Å²) in [6.45, 7) is 12.3. The Bertz CT molecular complexity index is 1380. The molecule has 2 aromatic carbocycles. The number of nitrogens with zero attached hydrogens (tertiary/aromatic N) is 3. The maximum atomic E-state index is 13.3. The van der Waals surface area contributed by atoms with Crippen LogP contribution in [0.15, 0.2) is 54.6 Å². The lowest BCUT2D eigenvalue weighted by molar-refractivity contribution is -0.114. The van der Waals surface area contributed by atoms with Crippen LogP contribution in [0.2, 0.25) is 0 Å². The number of benzene rings is 2. The summed E-state index contributed by atoms with van der Waals surface area (Å²) in [5.74, 6) is 0.259. The Kier molecular flexibility index (Phi) is 7.64. The monoisotopic (exact) mass is 486 g/mol. The lowest BCUT2D eigenvalue weighted by atomic mass is 10.0. The van der Waals surface area contributed by atoms with Gasteiger partial charge in [-0.3, -0.25) is 14.7 Å². The largest absolute Gasteiger partial charge is 0.495 e. The first-order valence-electron chi connectivity index (χ1n) is 11.4. The molecule has 8 nitrogen and oxygen atoms in total. The second kappa shape index (κ2) is 10.5. The number of carbonyl (C=O) groups excluding carboxylic acids is 2. The summed E-state index contributed by atoms with van der Waals surface area (Å²) in [5.41, 5.74) is 2.70. The minimum absolute atomic E-state index is 0.0690. The van der Waals surface area contributed by atoms with Gasteiger partial charge >= 0.3 is 6.09 Å². The molecule has 0 aliphatic heterocycles. The summed E-state index contributed by atoms with van der Waals surface area (Å²) in [4.78, 5) is 30.9. The van der Waals surface area contributed by atoms with Crippen molar-refractivity contribution in [1.29, 1.82) is 5.26 Å². The number of rotatable bonds is 6. The lowest BCUT2D eigenvalue weighted by Crippen LogP contribution is -2.38. The van der Waals surface area contributed by atoms with Crippen LogP contribution >= 0.6 is 0 Å². The zero-order valence-corrected chi connectivity index (χ0v) is 21.4. The molecule has 0 saturated carbocycles. The van der Waals surface area contributed by atoms with Gasteiger partial charge in [0.1, 0.15) is 11.4 Å². The normalized spacial score (nSPS) is 10.9. The number of anilines is 2. The molecule has 186 valence electrons. The Balaban J connectivity index is 2.25. The van der Waals surface area contributed by atoms with Gasteiger partial charge in [0.25, 0.3) is 0 Å². The summed E-state index contributed by atoms with van der Waals surface area (Å²) in [5, 5.41) is 13.7. The molecule has 0 spiro atoms. The Hall–Kier alpha value is -4.38. The molecule has 1 heterocycles. The van der Waals surface area contributed by atoms with Crippen LogP contribution in [0, 0.1) is 18.3 Å². The van der Waals surface area contributed by atoms with Crippen molar-refractivity contribution in [2.75, 3.05) is 23.9 Å². The number of aromatic nitrogens is 1. The molecule has 0 saturated heterocycles. The Morgan fingerprint density at radius 1 is 1.17 bits per heavy atom. The van der Waals surface area contributed by atoms with Crippen LogP contribution in [0.1, 0.15) is 33.4 Å². The van der Waals surface area contributed by atoms with E-state index >= 15 is 0 Å². The second-order valence-corrected chi connectivity index (χ2v) is 9.40. The van der Waals surface area contributed by atoms with Gasteiger partial charge in [-0.2, -0.15) is 5.26 Å². The van der Waals surface area contributed by atoms with Crippen LogP contribution in [0.5, 0.6) is 5.75 Å². The maximum absolute atomic E-state index is 13.3. The molecule has 0 atom stereocenters. The van der Waals surface area contributed by atoms with Gasteiger partial charge in [0, 0.05) is 34.8 Å². The van der Waals surface area contributed by atoms with Crippen molar-refractivity contribution in [2.24, 2.45) is 0 Å². The minimum atomic E-state index is -0.752. The van der Waals surface area contributed by atoms with E-state index in [4.69, 9.17) is 9.47 Å². The smallest absolute Gasteiger partial charge is 0.415 e. The standard InChI is InChI=1S/C28H30N4O4/c1-17(15-29)16-32(27(34)36-28(4,5)6)26-23-13-21(9-8-20(23)10-11-25(26)35-7)24-14-22(31-19(3)33)12-18(2)30-24/h8-14H,1,16H2,2-7H3,(H,30,31,33). The Morgan fingerprint density at radius 2 is 1.86 bits per heavy atom. The minimum Gasteiger partial charge on any atom is -0.495 e. The second-order valence-electron chi connectivity index (χ2n) is 9.40. The number of carbonyl (C=O) groups is 2. The molecule has 1 aromatic heterocycles. The number of pyridine rings is 1. The summed E-state index contributed by atoms with van der Waals surface area (Å²) >= 11 is 0. The summed E-state index contributed by atoms with van der Waals surface area (Å²) in [6, 6.07) is 15.0. The summed E-state index contributed by atoms with van der Waals surface area (Å²) in [6.07, 6.45) is -0.628. The highest BCUT2D eigenvalue weighted by atomic mass is 16.6. The first kappa shape index (κ1) is 26.2. The highest BCUT2D eigenvalue weighted by Gasteiger charge is 2.28. The van der Waals surface area contributed by atoms with Crippen molar-refractivity contribution >= 4 is 34.1 Å². The zero-order chi connectivity index (χ0) is 26.6. The summed E-state index contributed by atoms with van der Waals surface area (Å²) in [7, 11) is 1.52. The molecule has 0 radical (unpaired) electrons. The fourth-order valence-corrected chi connectivity index (χ4v) is 3.76. The fourth-order valence-electron chi connectivity index (χ4n) is 3.76. The third-order valence-electron chi connectivity index (χ3n) is 5.14. The average molecular weight is 487 g/mol. The number of nitriles is 1. The highest BCUT2D eigenvalue weighted by molar-refractivity contribution is 6.06. The number of hydrogen-bond donors (Lipinski definition) is 1. The fraction of sp³-hybridized carbons (Fsp3) is 0.286. The third kappa shape index (κ3) is 6.19. The van der Waals surface area contributed by atoms with Crippen LogP contribution in [-0.2, 0) is 9.53 Å². The van der Waals surface area contributed by atoms with Crippen LogP contribution in [0.3, 0.4) is 0 Å². The van der Waals surface area contributed by atoms with Gasteiger partial charge in [-0.25, -0.2) is 4.79 Å². The van der Waals surface area contributed by atoms with Crippen molar-refractivity contribution in [3.05, 3.63) is 60.3 Å². The van der Waals surface area contributed by atoms with Crippen molar-refractivity contribution < 1.29 is 19.1 Å². The number of ether oxygens (including phenoxy) is 2. The zero-order valence-electron chi connectivity index (χ0n) is 21.4. The average Bonchev–Trinajstić information content (AvgIpc) is 2.79. The highest BCUT2D eigenvalue weighted by Crippen LogP contribution is 2.39. The number of amides is 2. The topological polar surface area (TPSA) is 105 Å². The molecular weight excluding hydrogens is 456 g/mol. The molecule has 2 amide bonds. The first-order valence-corrected chi connectivity index (χ1v) is 11.4. The van der Waals surface area contributed by atoms with Crippen LogP contribution < -0.4 is 15.0 Å². The quantitative estimate of drug-likeness (QED) is 0.429. The van der Waals surface area contributed by atoms with E-state index in [-0.39, 0.29) is 18.0 Å². The number of nitrogens with one attached hydrogen (secondary N) is 1. The number of aryl methyl sites for hydroxylation is 1. The molecule has 3 rings (SSSR count). The summed E-state index contributed by atoms with van der Waals surface area (Å²) < 4.78 is 11.3. The Morgan fingerprint density at radius 3 is 2.47 bits per heavy atom. The van der Waals surface area contributed by atoms with E-state index in [1.54, 1.807) is 39.0 Å². The molecule has 0 bridgehead atoms. The van der Waals surface area contributed by atoms with Gasteiger partial charge < -0.3 is 14.8 Å². The molecule has 0 aliphatic rings. The van der Waals surface area contributed by atoms with E-state index in [9.17, 15) is 14.9 Å². The van der Waals surface area contributed by atoms with Crippen LogP contribution in [-0.4, -0.2) is 36.2 Å². The SMILES string of the molecule is C=C(C#N)CN(C(=O)OC(C)(C)C)c1c(OC)ccc2ccc(-c3cc(NC(C)=O)cc(C)n3)cc12. The van der Waals surface area contributed by atoms with Crippen LogP contribution in [0.25, 0.3) is 22.0 Å². The number of fused-ring (bicyclic) bond motifs is 1. The van der Waals surface area contributed by atoms with Gasteiger partial charge in [-0.15, -0.1) is 0 Å². The molecule has 36 heavy (non-hydrogen) atoms. The maximum Gasteiger partial charge on any atom is 0.415 e. The lowest BCUT2D eigenvalue weighted by Gasteiger charge is -2.29. The van der Waals surface area contributed by atoms with E-state index in [2.05, 4.69) is 16.9 Å². The van der Waals surface area contributed by atoms with Gasteiger partial charge in [0.15, 0.2) is 0 Å².